The van der Waals surface area contributed by atoms with Crippen LogP contribution in [0.4, 0.5) is 0 Å². The maximum atomic E-state index is 11.2. The van der Waals surface area contributed by atoms with Crippen molar-refractivity contribution in [2.75, 3.05) is 6.54 Å². The molecule has 1 fully saturated rings. The van der Waals surface area contributed by atoms with Gasteiger partial charge in [0.1, 0.15) is 0 Å². The average Bonchev–Trinajstić information content (AvgIpc) is 2.98. The van der Waals surface area contributed by atoms with Gasteiger partial charge in [0.15, 0.2) is 0 Å². The molecular formula is C18H20ClNO2S. The summed E-state index contributed by atoms with van der Waals surface area (Å²) in [6.07, 6.45) is 1.74. The Balaban J connectivity index is 1.70. The predicted molar refractivity (Wildman–Crippen MR) is 95.0 cm³/mol. The Labute approximate surface area is 145 Å². The van der Waals surface area contributed by atoms with Crippen LogP contribution in [0, 0.1) is 5.92 Å². The van der Waals surface area contributed by atoms with Crippen molar-refractivity contribution >= 4 is 28.9 Å². The first-order valence-corrected chi connectivity index (χ1v) is 9.04. The first kappa shape index (κ1) is 16.5. The van der Waals surface area contributed by atoms with Gasteiger partial charge in [0.2, 0.25) is 0 Å². The lowest BCUT2D eigenvalue weighted by Gasteiger charge is -2.36. The molecule has 3 nitrogen and oxygen atoms in total. The summed E-state index contributed by atoms with van der Waals surface area (Å²) in [5, 5.41) is 9.99. The Morgan fingerprint density at radius 3 is 2.70 bits per heavy atom. The van der Waals surface area contributed by atoms with Crippen LogP contribution >= 0.6 is 22.9 Å². The zero-order valence-corrected chi connectivity index (χ0v) is 14.6. The Kier molecular flexibility index (Phi) is 5.05. The summed E-state index contributed by atoms with van der Waals surface area (Å²) in [7, 11) is 0. The molecule has 0 amide bonds. The van der Waals surface area contributed by atoms with E-state index in [0.717, 1.165) is 24.4 Å². The van der Waals surface area contributed by atoms with Gasteiger partial charge in [-0.3, -0.25) is 9.69 Å². The third kappa shape index (κ3) is 3.94. The molecule has 0 saturated carbocycles. The maximum Gasteiger partial charge on any atom is 0.307 e. The van der Waals surface area contributed by atoms with E-state index in [1.807, 2.05) is 24.3 Å². The van der Waals surface area contributed by atoms with Crippen LogP contribution < -0.4 is 0 Å². The van der Waals surface area contributed by atoms with Crippen LogP contribution in [-0.2, 0) is 11.3 Å². The standard InChI is InChI=1S/C18H20ClNO2S/c1-12-2-3-14(18(21)22)10-20(12)11-16-8-9-17(23-16)13-4-6-15(19)7-5-13/h4-9,12,14H,2-3,10-11H2,1H3,(H,21,22). The van der Waals surface area contributed by atoms with Crippen LogP contribution in [0.2, 0.25) is 5.02 Å². The summed E-state index contributed by atoms with van der Waals surface area (Å²) >= 11 is 7.70. The molecule has 0 radical (unpaired) electrons. The van der Waals surface area contributed by atoms with E-state index < -0.39 is 5.97 Å². The van der Waals surface area contributed by atoms with Crippen molar-refractivity contribution in [3.05, 3.63) is 46.3 Å². The van der Waals surface area contributed by atoms with Crippen LogP contribution in [0.1, 0.15) is 24.6 Å². The van der Waals surface area contributed by atoms with E-state index >= 15 is 0 Å². The summed E-state index contributed by atoms with van der Waals surface area (Å²) in [6, 6.07) is 12.6. The normalized spacial score (nSPS) is 22.2. The SMILES string of the molecule is CC1CCC(C(=O)O)CN1Cc1ccc(-c2ccc(Cl)cc2)s1. The van der Waals surface area contributed by atoms with Crippen LogP contribution in [0.3, 0.4) is 0 Å². The molecule has 2 unspecified atom stereocenters. The number of likely N-dealkylation sites (tertiary alicyclic amines) is 1. The highest BCUT2D eigenvalue weighted by Gasteiger charge is 2.29. The maximum absolute atomic E-state index is 11.2. The van der Waals surface area contributed by atoms with Crippen LogP contribution in [0.15, 0.2) is 36.4 Å². The minimum atomic E-state index is -0.671. The fourth-order valence-corrected chi connectivity index (χ4v) is 4.20. The Morgan fingerprint density at radius 2 is 2.00 bits per heavy atom. The number of hydrogen-bond acceptors (Lipinski definition) is 3. The van der Waals surface area contributed by atoms with Crippen LogP contribution in [0.25, 0.3) is 10.4 Å². The molecule has 1 aliphatic heterocycles. The molecule has 0 aliphatic carbocycles. The predicted octanol–water partition coefficient (Wildman–Crippen LogP) is 4.75. The molecule has 23 heavy (non-hydrogen) atoms. The van der Waals surface area contributed by atoms with Crippen LogP contribution in [-0.4, -0.2) is 28.6 Å². The number of thiophene rings is 1. The molecule has 2 aromatic rings. The first-order chi connectivity index (χ1) is 11.0. The molecule has 5 heteroatoms. The van der Waals surface area contributed by atoms with Crippen molar-refractivity contribution in [3.63, 3.8) is 0 Å². The van der Waals surface area contributed by atoms with Gasteiger partial charge < -0.3 is 5.11 Å². The summed E-state index contributed by atoms with van der Waals surface area (Å²) < 4.78 is 0. The number of aliphatic carboxylic acids is 1. The Bertz CT molecular complexity index is 683. The van der Waals surface area contributed by atoms with Crippen molar-refractivity contribution < 1.29 is 9.90 Å². The summed E-state index contributed by atoms with van der Waals surface area (Å²) in [4.78, 5) is 16.0. The highest BCUT2D eigenvalue weighted by molar-refractivity contribution is 7.15. The minimum absolute atomic E-state index is 0.234. The molecule has 1 aromatic carbocycles. The molecule has 2 heterocycles. The van der Waals surface area contributed by atoms with E-state index in [0.29, 0.717) is 12.6 Å². The second-order valence-electron chi connectivity index (χ2n) is 6.16. The van der Waals surface area contributed by atoms with Crippen molar-refractivity contribution in [2.24, 2.45) is 5.92 Å². The monoisotopic (exact) mass is 349 g/mol. The third-order valence-corrected chi connectivity index (χ3v) is 5.88. The highest BCUT2D eigenvalue weighted by atomic mass is 35.5. The van der Waals surface area contributed by atoms with E-state index in [-0.39, 0.29) is 5.92 Å². The quantitative estimate of drug-likeness (QED) is 0.865. The smallest absolute Gasteiger partial charge is 0.307 e. The zero-order valence-electron chi connectivity index (χ0n) is 13.0. The van der Waals surface area contributed by atoms with Crippen molar-refractivity contribution in [1.82, 2.24) is 4.90 Å². The van der Waals surface area contributed by atoms with Gasteiger partial charge in [-0.05, 0) is 49.6 Å². The molecule has 2 atom stereocenters. The Morgan fingerprint density at radius 1 is 1.26 bits per heavy atom. The number of carboxylic acids is 1. The topological polar surface area (TPSA) is 40.5 Å². The molecule has 1 aromatic heterocycles. The van der Waals surface area contributed by atoms with Crippen molar-refractivity contribution in [1.29, 1.82) is 0 Å². The van der Waals surface area contributed by atoms with E-state index in [2.05, 4.69) is 24.0 Å². The molecule has 3 rings (SSSR count). The number of halogens is 1. The molecule has 0 bridgehead atoms. The lowest BCUT2D eigenvalue weighted by Crippen LogP contribution is -2.43. The highest BCUT2D eigenvalue weighted by Crippen LogP contribution is 2.31. The van der Waals surface area contributed by atoms with Gasteiger partial charge in [0, 0.05) is 33.9 Å². The molecule has 1 saturated heterocycles. The number of piperidine rings is 1. The third-order valence-electron chi connectivity index (χ3n) is 4.51. The summed E-state index contributed by atoms with van der Waals surface area (Å²) in [5.41, 5.74) is 1.17. The fourth-order valence-electron chi connectivity index (χ4n) is 3.03. The lowest BCUT2D eigenvalue weighted by atomic mass is 9.93. The lowest BCUT2D eigenvalue weighted by molar-refractivity contribution is -0.144. The number of benzene rings is 1. The minimum Gasteiger partial charge on any atom is -0.481 e. The number of rotatable bonds is 4. The second kappa shape index (κ2) is 7.04. The van der Waals surface area contributed by atoms with E-state index in [1.165, 1.54) is 15.3 Å². The van der Waals surface area contributed by atoms with Crippen molar-refractivity contribution in [2.45, 2.75) is 32.4 Å². The molecule has 1 N–H and O–H groups in total. The number of hydrogen-bond donors (Lipinski definition) is 1. The Hall–Kier alpha value is -1.36. The van der Waals surface area contributed by atoms with Gasteiger partial charge in [-0.25, -0.2) is 0 Å². The second-order valence-corrected chi connectivity index (χ2v) is 7.77. The molecule has 122 valence electrons. The number of carbonyl (C=O) groups is 1. The van der Waals surface area contributed by atoms with E-state index in [4.69, 9.17) is 11.6 Å². The average molecular weight is 350 g/mol. The zero-order chi connectivity index (χ0) is 16.4. The van der Waals surface area contributed by atoms with Gasteiger partial charge in [-0.2, -0.15) is 0 Å². The largest absolute Gasteiger partial charge is 0.481 e. The van der Waals surface area contributed by atoms with E-state index in [1.54, 1.807) is 11.3 Å². The molecule has 0 spiro atoms. The van der Waals surface area contributed by atoms with Crippen LogP contribution in [0.5, 0.6) is 0 Å². The fraction of sp³-hybridized carbons (Fsp3) is 0.389. The van der Waals surface area contributed by atoms with Gasteiger partial charge in [-0.1, -0.05) is 23.7 Å². The van der Waals surface area contributed by atoms with E-state index in [9.17, 15) is 9.90 Å². The number of carboxylic acid groups (broad SMARTS) is 1. The van der Waals surface area contributed by atoms with Gasteiger partial charge >= 0.3 is 5.97 Å². The molecule has 1 aliphatic rings. The van der Waals surface area contributed by atoms with Crippen molar-refractivity contribution in [3.8, 4) is 10.4 Å². The molecular weight excluding hydrogens is 330 g/mol. The summed E-state index contributed by atoms with van der Waals surface area (Å²) in [5.74, 6) is -0.906. The van der Waals surface area contributed by atoms with Gasteiger partial charge in [-0.15, -0.1) is 11.3 Å². The van der Waals surface area contributed by atoms with Gasteiger partial charge in [0.25, 0.3) is 0 Å². The van der Waals surface area contributed by atoms with Gasteiger partial charge in [0.05, 0.1) is 5.92 Å². The number of nitrogens with zero attached hydrogens (tertiary/aromatic N) is 1. The summed E-state index contributed by atoms with van der Waals surface area (Å²) in [6.45, 7) is 3.65. The first-order valence-electron chi connectivity index (χ1n) is 7.84.